The lowest BCUT2D eigenvalue weighted by Crippen LogP contribution is -2.56. The number of pyridine rings is 1. The van der Waals surface area contributed by atoms with Crippen LogP contribution in [-0.2, 0) is 4.43 Å². The van der Waals surface area contributed by atoms with Crippen LogP contribution in [0.15, 0.2) is 43.1 Å². The number of phenols is 1. The first-order valence-corrected chi connectivity index (χ1v) is 14.2. The molecule has 1 aromatic carbocycles. The lowest BCUT2D eigenvalue weighted by Gasteiger charge is -2.52. The Balaban J connectivity index is 1.79. The molecule has 2 aromatic rings. The van der Waals surface area contributed by atoms with Gasteiger partial charge in [0.1, 0.15) is 5.75 Å². The van der Waals surface area contributed by atoms with E-state index in [2.05, 4.69) is 49.4 Å². The largest absolute Gasteiger partial charge is 0.508 e. The third-order valence-electron chi connectivity index (χ3n) is 7.88. The zero-order valence-corrected chi connectivity index (χ0v) is 19.7. The number of piperidine rings is 3. The Kier molecular flexibility index (Phi) is 6.33. The molecule has 30 heavy (non-hydrogen) atoms. The maximum Gasteiger partial charge on any atom is 0.192 e. The average molecular weight is 425 g/mol. The monoisotopic (exact) mass is 424 g/mol. The number of nitrogens with zero attached hydrogens (tertiary/aromatic N) is 2. The molecule has 0 aliphatic carbocycles. The Morgan fingerprint density at radius 1 is 1.27 bits per heavy atom. The van der Waals surface area contributed by atoms with E-state index in [-0.39, 0.29) is 11.9 Å². The van der Waals surface area contributed by atoms with E-state index < -0.39 is 8.32 Å². The fraction of sp³-hybridized carbons (Fsp3) is 0.560. The molecule has 3 aliphatic rings. The summed E-state index contributed by atoms with van der Waals surface area (Å²) in [6.07, 6.45) is 6.51. The van der Waals surface area contributed by atoms with Crippen molar-refractivity contribution in [1.82, 2.24) is 9.88 Å². The van der Waals surface area contributed by atoms with E-state index in [1.807, 2.05) is 18.3 Å². The lowest BCUT2D eigenvalue weighted by molar-refractivity contribution is -0.0392. The number of benzene rings is 1. The molecule has 3 fully saturated rings. The second-order valence-corrected chi connectivity index (χ2v) is 13.9. The van der Waals surface area contributed by atoms with Gasteiger partial charge < -0.3 is 9.53 Å². The van der Waals surface area contributed by atoms with Crippen molar-refractivity contribution < 1.29 is 9.53 Å². The summed E-state index contributed by atoms with van der Waals surface area (Å²) in [7, 11) is -1.83. The molecule has 3 saturated heterocycles. The van der Waals surface area contributed by atoms with Crippen LogP contribution in [0.2, 0.25) is 18.1 Å². The molecule has 0 saturated carbocycles. The summed E-state index contributed by atoms with van der Waals surface area (Å²) in [4.78, 5) is 7.20. The van der Waals surface area contributed by atoms with Gasteiger partial charge in [0.05, 0.1) is 11.6 Å². The Bertz CT molecular complexity index is 890. The fourth-order valence-corrected chi connectivity index (χ4v) is 8.54. The molecule has 1 N–H and O–H groups in total. The standard InChI is InChI=1S/C25H36N2O2Si/c1-5-18-17-27-14-12-19(18)15-24(27)25(29-30(6-2,7-3)8-4)21-11-13-26-23-10-9-20(28)16-22(21)23/h5,9-11,13,16,18-19,24-25,28H,1,6-8,12,14-15,17H2,2-4H3/t18?,19?,24?,25-/m0/s1. The van der Waals surface area contributed by atoms with Crippen LogP contribution in [0.4, 0.5) is 0 Å². The highest BCUT2D eigenvalue weighted by molar-refractivity contribution is 6.73. The SMILES string of the molecule is C=CC1CN2CCC1CC2[C@@H](O[Si](CC)(CC)CC)c1ccnc2ccc(O)cc12. The molecule has 4 unspecified atom stereocenters. The minimum atomic E-state index is -1.83. The van der Waals surface area contributed by atoms with Crippen molar-refractivity contribution in [3.05, 3.63) is 48.7 Å². The molecule has 3 aliphatic heterocycles. The summed E-state index contributed by atoms with van der Waals surface area (Å²) in [5, 5.41) is 11.2. The smallest absolute Gasteiger partial charge is 0.192 e. The molecule has 5 heteroatoms. The summed E-state index contributed by atoms with van der Waals surface area (Å²) in [6, 6.07) is 11.4. The van der Waals surface area contributed by atoms with Gasteiger partial charge in [-0.2, -0.15) is 0 Å². The van der Waals surface area contributed by atoms with Crippen LogP contribution in [0.1, 0.15) is 45.3 Å². The number of aromatic nitrogens is 1. The van der Waals surface area contributed by atoms with Gasteiger partial charge in [-0.15, -0.1) is 6.58 Å². The quantitative estimate of drug-likeness (QED) is 0.423. The van der Waals surface area contributed by atoms with Gasteiger partial charge in [0.25, 0.3) is 0 Å². The van der Waals surface area contributed by atoms with Crippen molar-refractivity contribution >= 4 is 19.2 Å². The van der Waals surface area contributed by atoms with Crippen LogP contribution in [0.3, 0.4) is 0 Å². The summed E-state index contributed by atoms with van der Waals surface area (Å²) >= 11 is 0. The Hall–Kier alpha value is -1.69. The van der Waals surface area contributed by atoms with Crippen molar-refractivity contribution in [2.75, 3.05) is 13.1 Å². The molecule has 1 aromatic heterocycles. The Morgan fingerprint density at radius 3 is 2.67 bits per heavy atom. The predicted molar refractivity (Wildman–Crippen MR) is 126 cm³/mol. The van der Waals surface area contributed by atoms with Crippen LogP contribution >= 0.6 is 0 Å². The number of rotatable bonds is 8. The molecule has 4 heterocycles. The number of fused-ring (bicyclic) bond motifs is 4. The van der Waals surface area contributed by atoms with Gasteiger partial charge in [0, 0.05) is 24.2 Å². The average Bonchev–Trinajstić information content (AvgIpc) is 2.80. The maximum absolute atomic E-state index is 10.2. The number of phenolic OH excluding ortho intramolecular Hbond substituents is 1. The van der Waals surface area contributed by atoms with Gasteiger partial charge in [-0.3, -0.25) is 9.88 Å². The highest BCUT2D eigenvalue weighted by Crippen LogP contribution is 2.45. The van der Waals surface area contributed by atoms with Gasteiger partial charge in [-0.25, -0.2) is 0 Å². The van der Waals surface area contributed by atoms with Gasteiger partial charge in [-0.1, -0.05) is 26.8 Å². The van der Waals surface area contributed by atoms with Crippen LogP contribution in [0.25, 0.3) is 10.9 Å². The summed E-state index contributed by atoms with van der Waals surface area (Å²) in [6.45, 7) is 13.2. The van der Waals surface area contributed by atoms with Gasteiger partial charge in [-0.05, 0) is 79.2 Å². The summed E-state index contributed by atoms with van der Waals surface area (Å²) in [5.41, 5.74) is 2.12. The number of aromatic hydroxyl groups is 1. The highest BCUT2D eigenvalue weighted by atomic mass is 28.4. The molecule has 4 nitrogen and oxygen atoms in total. The van der Waals surface area contributed by atoms with E-state index in [0.717, 1.165) is 48.5 Å². The second-order valence-electron chi connectivity index (χ2n) is 9.13. The molecule has 0 amide bonds. The van der Waals surface area contributed by atoms with Gasteiger partial charge in [0.15, 0.2) is 8.32 Å². The lowest BCUT2D eigenvalue weighted by atomic mass is 9.73. The number of hydrogen-bond acceptors (Lipinski definition) is 4. The minimum Gasteiger partial charge on any atom is -0.508 e. The Morgan fingerprint density at radius 2 is 2.03 bits per heavy atom. The normalized spacial score (nSPS) is 27.3. The molecule has 5 atom stereocenters. The maximum atomic E-state index is 10.2. The molecule has 0 radical (unpaired) electrons. The number of hydrogen-bond donors (Lipinski definition) is 1. The van der Waals surface area contributed by atoms with Crippen molar-refractivity contribution in [2.24, 2.45) is 11.8 Å². The van der Waals surface area contributed by atoms with E-state index >= 15 is 0 Å². The zero-order valence-electron chi connectivity index (χ0n) is 18.7. The van der Waals surface area contributed by atoms with E-state index in [1.165, 1.54) is 12.0 Å². The summed E-state index contributed by atoms with van der Waals surface area (Å²) in [5.74, 6) is 1.59. The van der Waals surface area contributed by atoms with Crippen molar-refractivity contribution in [3.8, 4) is 5.75 Å². The second kappa shape index (κ2) is 8.81. The van der Waals surface area contributed by atoms with Gasteiger partial charge >= 0.3 is 0 Å². The van der Waals surface area contributed by atoms with Crippen LogP contribution in [0.5, 0.6) is 5.75 Å². The summed E-state index contributed by atoms with van der Waals surface area (Å²) < 4.78 is 7.24. The highest BCUT2D eigenvalue weighted by Gasteiger charge is 2.45. The third-order valence-corrected chi connectivity index (χ3v) is 12.5. The molecule has 5 rings (SSSR count). The first-order chi connectivity index (χ1) is 14.5. The topological polar surface area (TPSA) is 45.6 Å². The predicted octanol–water partition coefficient (Wildman–Crippen LogP) is 5.90. The zero-order chi connectivity index (χ0) is 21.3. The third kappa shape index (κ3) is 3.83. The minimum absolute atomic E-state index is 0.0254. The molecule has 2 bridgehead atoms. The van der Waals surface area contributed by atoms with Crippen LogP contribution in [0, 0.1) is 11.8 Å². The molecular formula is C25H36N2O2Si. The van der Waals surface area contributed by atoms with E-state index in [1.54, 1.807) is 6.07 Å². The van der Waals surface area contributed by atoms with E-state index in [4.69, 9.17) is 4.43 Å². The molecular weight excluding hydrogens is 388 g/mol. The van der Waals surface area contributed by atoms with Crippen LogP contribution < -0.4 is 0 Å². The molecule has 162 valence electrons. The van der Waals surface area contributed by atoms with E-state index in [0.29, 0.717) is 17.9 Å². The van der Waals surface area contributed by atoms with E-state index in [9.17, 15) is 5.11 Å². The van der Waals surface area contributed by atoms with Crippen molar-refractivity contribution in [1.29, 1.82) is 0 Å². The Labute approximate surface area is 182 Å². The van der Waals surface area contributed by atoms with Crippen LogP contribution in [-0.4, -0.2) is 42.4 Å². The van der Waals surface area contributed by atoms with Crippen molar-refractivity contribution in [2.45, 2.75) is 63.9 Å². The molecule has 0 spiro atoms. The van der Waals surface area contributed by atoms with Crippen molar-refractivity contribution in [3.63, 3.8) is 0 Å². The first kappa shape index (κ1) is 21.5. The first-order valence-electron chi connectivity index (χ1n) is 11.7. The fourth-order valence-electron chi connectivity index (χ4n) is 5.71. The van der Waals surface area contributed by atoms with Gasteiger partial charge in [0.2, 0.25) is 0 Å².